The summed E-state index contributed by atoms with van der Waals surface area (Å²) in [7, 11) is 0. The number of unbranched alkanes of at least 4 members (excludes halogenated alkanes) is 30. The van der Waals surface area contributed by atoms with Crippen molar-refractivity contribution in [1.29, 1.82) is 0 Å². The van der Waals surface area contributed by atoms with Gasteiger partial charge in [0.25, 0.3) is 0 Å². The highest BCUT2D eigenvalue weighted by atomic mass is 16.6. The Balaban J connectivity index is 4.38. The molecule has 75 heavy (non-hydrogen) atoms. The van der Waals surface area contributed by atoms with Crippen LogP contribution in [-0.4, -0.2) is 37.2 Å². The van der Waals surface area contributed by atoms with Crippen molar-refractivity contribution < 1.29 is 28.6 Å². The van der Waals surface area contributed by atoms with Crippen molar-refractivity contribution in [2.45, 2.75) is 309 Å². The second-order valence-electron chi connectivity index (χ2n) is 20.9. The van der Waals surface area contributed by atoms with Crippen molar-refractivity contribution in [3.63, 3.8) is 0 Å². The Labute approximate surface area is 464 Å². The predicted molar refractivity (Wildman–Crippen MR) is 325 cm³/mol. The van der Waals surface area contributed by atoms with Crippen molar-refractivity contribution in [2.24, 2.45) is 0 Å². The van der Waals surface area contributed by atoms with E-state index >= 15 is 0 Å². The quantitative estimate of drug-likeness (QED) is 0.0261. The number of ether oxygens (including phenoxy) is 3. The summed E-state index contributed by atoms with van der Waals surface area (Å²) in [6.45, 7) is 6.50. The van der Waals surface area contributed by atoms with Gasteiger partial charge in [-0.15, -0.1) is 0 Å². The molecule has 0 aromatic rings. The number of esters is 3. The fourth-order valence-corrected chi connectivity index (χ4v) is 8.79. The first kappa shape index (κ1) is 71.3. The molecule has 6 nitrogen and oxygen atoms in total. The summed E-state index contributed by atoms with van der Waals surface area (Å²) in [6, 6.07) is 0. The van der Waals surface area contributed by atoms with Crippen LogP contribution in [0.4, 0.5) is 0 Å². The summed E-state index contributed by atoms with van der Waals surface area (Å²) in [5, 5.41) is 0. The van der Waals surface area contributed by atoms with E-state index in [2.05, 4.69) is 118 Å². The summed E-state index contributed by atoms with van der Waals surface area (Å²) in [4.78, 5) is 38.3. The molecular formula is C69H118O6. The van der Waals surface area contributed by atoms with Crippen LogP contribution < -0.4 is 0 Å². The molecule has 0 aliphatic rings. The van der Waals surface area contributed by atoms with E-state index in [0.29, 0.717) is 19.3 Å². The minimum atomic E-state index is -0.790. The summed E-state index contributed by atoms with van der Waals surface area (Å²) >= 11 is 0. The van der Waals surface area contributed by atoms with Gasteiger partial charge in [-0.3, -0.25) is 14.4 Å². The second kappa shape index (κ2) is 62.9. The van der Waals surface area contributed by atoms with Crippen molar-refractivity contribution in [3.05, 3.63) is 97.2 Å². The minimum Gasteiger partial charge on any atom is -0.462 e. The van der Waals surface area contributed by atoms with Crippen LogP contribution in [0.5, 0.6) is 0 Å². The van der Waals surface area contributed by atoms with Gasteiger partial charge in [0, 0.05) is 19.3 Å². The van der Waals surface area contributed by atoms with Crippen LogP contribution >= 0.6 is 0 Å². The maximum atomic E-state index is 12.9. The van der Waals surface area contributed by atoms with Crippen molar-refractivity contribution in [2.75, 3.05) is 13.2 Å². The molecule has 430 valence electrons. The van der Waals surface area contributed by atoms with Crippen LogP contribution in [0.25, 0.3) is 0 Å². The van der Waals surface area contributed by atoms with Gasteiger partial charge in [-0.25, -0.2) is 0 Å². The van der Waals surface area contributed by atoms with Gasteiger partial charge in [0.15, 0.2) is 6.10 Å². The first-order valence-corrected chi connectivity index (χ1v) is 31.7. The highest BCUT2D eigenvalue weighted by Gasteiger charge is 2.19. The Bertz CT molecular complexity index is 1480. The summed E-state index contributed by atoms with van der Waals surface area (Å²) < 4.78 is 16.9. The lowest BCUT2D eigenvalue weighted by molar-refractivity contribution is -0.167. The van der Waals surface area contributed by atoms with E-state index in [0.717, 1.165) is 109 Å². The second-order valence-corrected chi connectivity index (χ2v) is 20.9. The Morgan fingerprint density at radius 1 is 0.280 bits per heavy atom. The van der Waals surface area contributed by atoms with Gasteiger partial charge in [0.05, 0.1) is 0 Å². The van der Waals surface area contributed by atoms with Crippen molar-refractivity contribution >= 4 is 17.9 Å². The van der Waals surface area contributed by atoms with E-state index < -0.39 is 6.10 Å². The summed E-state index contributed by atoms with van der Waals surface area (Å²) in [5.74, 6) is -0.902. The van der Waals surface area contributed by atoms with Crippen LogP contribution in [0, 0.1) is 0 Å². The molecule has 1 unspecified atom stereocenters. The van der Waals surface area contributed by atoms with Crippen LogP contribution in [0.15, 0.2) is 97.2 Å². The Morgan fingerprint density at radius 3 is 0.840 bits per heavy atom. The lowest BCUT2D eigenvalue weighted by Gasteiger charge is -2.18. The first-order valence-electron chi connectivity index (χ1n) is 31.7. The Morgan fingerprint density at radius 2 is 0.520 bits per heavy atom. The molecular weight excluding hydrogens is 925 g/mol. The zero-order valence-electron chi connectivity index (χ0n) is 49.3. The van der Waals surface area contributed by atoms with E-state index in [1.165, 1.54) is 154 Å². The topological polar surface area (TPSA) is 78.9 Å². The number of hydrogen-bond donors (Lipinski definition) is 0. The molecule has 0 fully saturated rings. The van der Waals surface area contributed by atoms with E-state index in [-0.39, 0.29) is 31.1 Å². The SMILES string of the molecule is CC/C=C\C/C=C\C/C=C\C/C=C\C/C=C\CCCCCCCCCC(=O)OCC(COC(=O)CCCCCCC/C=C\CCCCCC)OC(=O)CCCCCCCCCCC/C=C\C/C=C\CCCCCCC. The molecule has 0 bridgehead atoms. The molecule has 0 spiro atoms. The molecule has 0 aromatic heterocycles. The molecule has 0 aromatic carbocycles. The maximum Gasteiger partial charge on any atom is 0.306 e. The van der Waals surface area contributed by atoms with Crippen LogP contribution in [-0.2, 0) is 28.6 Å². The molecule has 0 N–H and O–H groups in total. The Kier molecular flexibility index (Phi) is 59.8. The zero-order chi connectivity index (χ0) is 54.3. The van der Waals surface area contributed by atoms with E-state index in [1.807, 2.05) is 0 Å². The van der Waals surface area contributed by atoms with Gasteiger partial charge < -0.3 is 14.2 Å². The largest absolute Gasteiger partial charge is 0.462 e. The van der Waals surface area contributed by atoms with E-state index in [4.69, 9.17) is 14.2 Å². The van der Waals surface area contributed by atoms with Gasteiger partial charge >= 0.3 is 17.9 Å². The summed E-state index contributed by atoms with van der Waals surface area (Å²) in [6.07, 6.45) is 84.0. The van der Waals surface area contributed by atoms with Crippen LogP contribution in [0.3, 0.4) is 0 Å². The standard InChI is InChI=1S/C69H118O6/c1-4-7-10-13-16-19-22-25-27-29-31-33-34-36-37-39-41-44-47-50-53-56-59-62-68(71)74-65-66(64-73-67(70)61-58-55-52-49-46-43-24-21-18-15-12-9-6-3)75-69(72)63-60-57-54-51-48-45-42-40-38-35-32-30-28-26-23-20-17-14-11-8-5-2/h7,10,16,19,21,23-27,30-33,36-37,66H,4-6,8-9,11-15,17-18,20,22,28-29,34-35,38-65H2,1-3H3/b10-7-,19-16-,24-21-,26-23-,27-25-,32-30-,33-31-,37-36-. The van der Waals surface area contributed by atoms with Gasteiger partial charge in [0.1, 0.15) is 13.2 Å². The molecule has 0 saturated carbocycles. The average molecular weight is 1040 g/mol. The normalized spacial score (nSPS) is 12.7. The highest BCUT2D eigenvalue weighted by molar-refractivity contribution is 5.71. The predicted octanol–water partition coefficient (Wildman–Crippen LogP) is 21.7. The monoisotopic (exact) mass is 1040 g/mol. The molecule has 0 rings (SSSR count). The zero-order valence-corrected chi connectivity index (χ0v) is 49.3. The molecule has 0 aliphatic carbocycles. The molecule has 0 heterocycles. The van der Waals surface area contributed by atoms with Gasteiger partial charge in [-0.05, 0) is 122 Å². The molecule has 0 saturated heterocycles. The number of allylic oxidation sites excluding steroid dienone is 16. The maximum absolute atomic E-state index is 12.9. The van der Waals surface area contributed by atoms with Gasteiger partial charge in [0.2, 0.25) is 0 Å². The van der Waals surface area contributed by atoms with E-state index in [1.54, 1.807) is 0 Å². The number of rotatable bonds is 57. The third-order valence-corrected chi connectivity index (χ3v) is 13.5. The van der Waals surface area contributed by atoms with Crippen molar-refractivity contribution in [1.82, 2.24) is 0 Å². The third kappa shape index (κ3) is 61.1. The van der Waals surface area contributed by atoms with Gasteiger partial charge in [-0.1, -0.05) is 259 Å². The highest BCUT2D eigenvalue weighted by Crippen LogP contribution is 2.15. The van der Waals surface area contributed by atoms with Crippen molar-refractivity contribution in [3.8, 4) is 0 Å². The van der Waals surface area contributed by atoms with E-state index in [9.17, 15) is 14.4 Å². The number of carbonyl (C=O) groups excluding carboxylic acids is 3. The van der Waals surface area contributed by atoms with Crippen LogP contribution in [0.1, 0.15) is 303 Å². The number of carbonyl (C=O) groups is 3. The fraction of sp³-hybridized carbons (Fsp3) is 0.725. The third-order valence-electron chi connectivity index (χ3n) is 13.5. The number of hydrogen-bond acceptors (Lipinski definition) is 6. The Hall–Kier alpha value is -3.67. The lowest BCUT2D eigenvalue weighted by atomic mass is 10.1. The molecule has 0 amide bonds. The molecule has 6 heteroatoms. The first-order chi connectivity index (χ1) is 37.0. The fourth-order valence-electron chi connectivity index (χ4n) is 8.79. The van der Waals surface area contributed by atoms with Gasteiger partial charge in [-0.2, -0.15) is 0 Å². The molecule has 1 atom stereocenters. The molecule has 0 radical (unpaired) electrons. The van der Waals surface area contributed by atoms with Crippen LogP contribution in [0.2, 0.25) is 0 Å². The summed E-state index contributed by atoms with van der Waals surface area (Å²) in [5.41, 5.74) is 0. The lowest BCUT2D eigenvalue weighted by Crippen LogP contribution is -2.30. The molecule has 0 aliphatic heterocycles. The smallest absolute Gasteiger partial charge is 0.306 e. The average Bonchev–Trinajstić information content (AvgIpc) is 3.41. The minimum absolute atomic E-state index is 0.0867.